The fourth-order valence-electron chi connectivity index (χ4n) is 1.91. The molecular weight excluding hydrogens is 379 g/mol. The predicted molar refractivity (Wildman–Crippen MR) is 89.7 cm³/mol. The Kier molecular flexibility index (Phi) is 6.20. The lowest BCUT2D eigenvalue weighted by molar-refractivity contribution is -0.121. The Morgan fingerprint density at radius 1 is 0.917 bits per heavy atom. The second kappa shape index (κ2) is 8.35. The van der Waals surface area contributed by atoms with Gasteiger partial charge in [-0.15, -0.1) is 0 Å². The quantitative estimate of drug-likeness (QED) is 0.606. The van der Waals surface area contributed by atoms with Crippen LogP contribution in [0.1, 0.15) is 33.6 Å². The summed E-state index contributed by atoms with van der Waals surface area (Å²) in [5.41, 5.74) is 5.24. The van der Waals surface area contributed by atoms with Gasteiger partial charge in [0.2, 0.25) is 5.91 Å². The monoisotopic (exact) mass is 392 g/mol. The summed E-state index contributed by atoms with van der Waals surface area (Å²) in [7, 11) is 0. The highest BCUT2D eigenvalue weighted by Gasteiger charge is 2.12. The van der Waals surface area contributed by atoms with Gasteiger partial charge < -0.3 is 0 Å². The molecular formula is C17H14BrFN2O3. The van der Waals surface area contributed by atoms with Crippen LogP contribution in [0, 0.1) is 5.82 Å². The molecule has 0 spiro atoms. The third-order valence-corrected chi connectivity index (χ3v) is 3.87. The molecule has 0 aliphatic heterocycles. The summed E-state index contributed by atoms with van der Waals surface area (Å²) in [6, 6.07) is 11.9. The van der Waals surface area contributed by atoms with Gasteiger partial charge >= 0.3 is 0 Å². The second-order valence-electron chi connectivity index (χ2n) is 4.91. The summed E-state index contributed by atoms with van der Waals surface area (Å²) < 4.78 is 13.4. The zero-order valence-corrected chi connectivity index (χ0v) is 14.1. The number of amides is 2. The van der Waals surface area contributed by atoms with Gasteiger partial charge in [0, 0.05) is 22.9 Å². The minimum absolute atomic E-state index is 0.0393. The smallest absolute Gasteiger partial charge is 0.270 e. The van der Waals surface area contributed by atoms with E-state index in [4.69, 9.17) is 0 Å². The molecule has 0 fully saturated rings. The number of ketones is 1. The van der Waals surface area contributed by atoms with Crippen LogP contribution in [0.4, 0.5) is 4.39 Å². The minimum atomic E-state index is -0.495. The van der Waals surface area contributed by atoms with Crippen LogP contribution in [0.5, 0.6) is 0 Å². The van der Waals surface area contributed by atoms with E-state index >= 15 is 0 Å². The van der Waals surface area contributed by atoms with Crippen molar-refractivity contribution in [1.82, 2.24) is 10.9 Å². The zero-order chi connectivity index (χ0) is 17.5. The predicted octanol–water partition coefficient (Wildman–Crippen LogP) is 3.01. The maximum absolute atomic E-state index is 12.8. The third kappa shape index (κ3) is 4.99. The first-order chi connectivity index (χ1) is 11.5. The molecule has 24 heavy (non-hydrogen) atoms. The molecule has 0 saturated heterocycles. The molecule has 7 heteroatoms. The molecule has 2 amide bonds. The number of hydrazine groups is 1. The average molecular weight is 393 g/mol. The van der Waals surface area contributed by atoms with Gasteiger partial charge in [-0.25, -0.2) is 4.39 Å². The van der Waals surface area contributed by atoms with Gasteiger partial charge in [-0.1, -0.05) is 12.1 Å². The summed E-state index contributed by atoms with van der Waals surface area (Å²) in [5.74, 6) is -1.67. The Morgan fingerprint density at radius 2 is 1.58 bits per heavy atom. The fraction of sp³-hybridized carbons (Fsp3) is 0.118. The number of rotatable bonds is 5. The maximum Gasteiger partial charge on any atom is 0.270 e. The number of halogens is 2. The SMILES string of the molecule is O=C(CCC(=O)c1ccc(F)cc1)NNC(=O)c1ccccc1Br. The van der Waals surface area contributed by atoms with Crippen LogP contribution in [0.25, 0.3) is 0 Å². The van der Waals surface area contributed by atoms with Crippen molar-refractivity contribution in [3.05, 3.63) is 69.9 Å². The fourth-order valence-corrected chi connectivity index (χ4v) is 2.37. The van der Waals surface area contributed by atoms with Gasteiger partial charge in [-0.05, 0) is 52.3 Å². The Hall–Kier alpha value is -2.54. The number of hydrogen-bond donors (Lipinski definition) is 2. The van der Waals surface area contributed by atoms with Crippen molar-refractivity contribution in [2.75, 3.05) is 0 Å². The van der Waals surface area contributed by atoms with Crippen LogP contribution >= 0.6 is 15.9 Å². The highest BCUT2D eigenvalue weighted by atomic mass is 79.9. The molecule has 2 rings (SSSR count). The Labute approximate surface area is 146 Å². The highest BCUT2D eigenvalue weighted by molar-refractivity contribution is 9.10. The van der Waals surface area contributed by atoms with E-state index in [2.05, 4.69) is 26.8 Å². The maximum atomic E-state index is 12.8. The van der Waals surface area contributed by atoms with Crippen molar-refractivity contribution in [3.8, 4) is 0 Å². The van der Waals surface area contributed by atoms with E-state index < -0.39 is 17.6 Å². The molecule has 5 nitrogen and oxygen atoms in total. The Balaban J connectivity index is 1.79. The minimum Gasteiger partial charge on any atom is -0.294 e. The topological polar surface area (TPSA) is 75.3 Å². The number of Topliss-reactive ketones (excluding diaryl/α,β-unsaturated/α-hetero) is 1. The second-order valence-corrected chi connectivity index (χ2v) is 5.77. The van der Waals surface area contributed by atoms with Gasteiger partial charge in [0.05, 0.1) is 5.56 Å². The van der Waals surface area contributed by atoms with E-state index in [1.807, 2.05) is 0 Å². The van der Waals surface area contributed by atoms with Crippen molar-refractivity contribution >= 4 is 33.5 Å². The van der Waals surface area contributed by atoms with Gasteiger partial charge in [0.25, 0.3) is 5.91 Å². The molecule has 0 radical (unpaired) electrons. The van der Waals surface area contributed by atoms with Crippen LogP contribution in [-0.2, 0) is 4.79 Å². The molecule has 0 aliphatic carbocycles. The number of benzene rings is 2. The molecule has 2 aromatic carbocycles. The van der Waals surface area contributed by atoms with Crippen molar-refractivity contribution < 1.29 is 18.8 Å². The van der Waals surface area contributed by atoms with Gasteiger partial charge in [-0.2, -0.15) is 0 Å². The first-order valence-electron chi connectivity index (χ1n) is 7.10. The largest absolute Gasteiger partial charge is 0.294 e. The zero-order valence-electron chi connectivity index (χ0n) is 12.5. The van der Waals surface area contributed by atoms with Crippen LogP contribution in [0.2, 0.25) is 0 Å². The number of carbonyl (C=O) groups excluding carboxylic acids is 3. The molecule has 0 heterocycles. The third-order valence-electron chi connectivity index (χ3n) is 3.18. The first-order valence-corrected chi connectivity index (χ1v) is 7.89. The van der Waals surface area contributed by atoms with Crippen molar-refractivity contribution in [1.29, 1.82) is 0 Å². The lowest BCUT2D eigenvalue weighted by Gasteiger charge is -2.08. The van der Waals surface area contributed by atoms with E-state index in [1.54, 1.807) is 24.3 Å². The summed E-state index contributed by atoms with van der Waals surface area (Å²) in [6.07, 6.45) is -0.130. The van der Waals surface area contributed by atoms with E-state index in [1.165, 1.54) is 24.3 Å². The van der Waals surface area contributed by atoms with Crippen molar-refractivity contribution in [2.45, 2.75) is 12.8 Å². The average Bonchev–Trinajstić information content (AvgIpc) is 2.58. The number of carbonyl (C=O) groups is 3. The molecule has 0 bridgehead atoms. The molecule has 0 aliphatic rings. The van der Waals surface area contributed by atoms with Gasteiger partial charge in [-0.3, -0.25) is 25.2 Å². The van der Waals surface area contributed by atoms with Gasteiger partial charge in [0.1, 0.15) is 5.82 Å². The number of nitrogens with one attached hydrogen (secondary N) is 2. The molecule has 0 aromatic heterocycles. The van der Waals surface area contributed by atoms with E-state index in [-0.39, 0.29) is 18.6 Å². The van der Waals surface area contributed by atoms with E-state index in [9.17, 15) is 18.8 Å². The Morgan fingerprint density at radius 3 is 2.25 bits per heavy atom. The summed E-state index contributed by atoms with van der Waals surface area (Å²) in [5, 5.41) is 0. The lowest BCUT2D eigenvalue weighted by atomic mass is 10.1. The van der Waals surface area contributed by atoms with Crippen molar-refractivity contribution in [2.24, 2.45) is 0 Å². The molecule has 0 saturated carbocycles. The van der Waals surface area contributed by atoms with E-state index in [0.717, 1.165) is 0 Å². The van der Waals surface area contributed by atoms with Crippen LogP contribution in [0.15, 0.2) is 53.0 Å². The van der Waals surface area contributed by atoms with Gasteiger partial charge in [0.15, 0.2) is 5.78 Å². The Bertz CT molecular complexity index is 763. The van der Waals surface area contributed by atoms with Crippen LogP contribution < -0.4 is 10.9 Å². The lowest BCUT2D eigenvalue weighted by Crippen LogP contribution is -2.41. The van der Waals surface area contributed by atoms with Crippen LogP contribution in [0.3, 0.4) is 0 Å². The molecule has 124 valence electrons. The number of hydrogen-bond acceptors (Lipinski definition) is 3. The molecule has 0 atom stereocenters. The normalized spacial score (nSPS) is 10.1. The standard InChI is InChI=1S/C17H14BrFN2O3/c18-14-4-2-1-3-13(14)17(24)21-20-16(23)10-9-15(22)11-5-7-12(19)8-6-11/h1-8H,9-10H2,(H,20,23)(H,21,24). The summed E-state index contributed by atoms with van der Waals surface area (Å²) >= 11 is 3.24. The summed E-state index contributed by atoms with van der Waals surface area (Å²) in [4.78, 5) is 35.5. The molecule has 2 N–H and O–H groups in total. The molecule has 2 aromatic rings. The summed E-state index contributed by atoms with van der Waals surface area (Å²) in [6.45, 7) is 0. The van der Waals surface area contributed by atoms with E-state index in [0.29, 0.717) is 15.6 Å². The van der Waals surface area contributed by atoms with Crippen molar-refractivity contribution in [3.63, 3.8) is 0 Å². The molecule has 0 unspecified atom stereocenters. The highest BCUT2D eigenvalue weighted by Crippen LogP contribution is 2.15. The first kappa shape index (κ1) is 17.8. The van der Waals surface area contributed by atoms with Crippen LogP contribution in [-0.4, -0.2) is 17.6 Å².